The fraction of sp³-hybridized carbons (Fsp3) is 0.714. The van der Waals surface area contributed by atoms with Gasteiger partial charge in [-0.3, -0.25) is 4.79 Å². The molecule has 0 heterocycles. The number of carbonyl (C=O) groups is 1. The van der Waals surface area contributed by atoms with Gasteiger partial charge in [-0.1, -0.05) is 5.16 Å². The lowest BCUT2D eigenvalue weighted by molar-refractivity contribution is -0.117. The van der Waals surface area contributed by atoms with Gasteiger partial charge in [-0.2, -0.15) is 0 Å². The highest BCUT2D eigenvalue weighted by Crippen LogP contribution is 1.87. The van der Waals surface area contributed by atoms with E-state index in [9.17, 15) is 4.79 Å². The minimum Gasteiger partial charge on any atom is -0.384 e. The highest BCUT2D eigenvalue weighted by molar-refractivity contribution is 5.78. The first-order valence-corrected chi connectivity index (χ1v) is 3.47. The standard InChI is InChI=1S/C7H14N2O2/c1-6(2)9-11-7(5-10)4-8-3/h5,7-8H,4H2,1-3H3. The fourth-order valence-corrected chi connectivity index (χ4v) is 0.485. The van der Waals surface area contributed by atoms with Crippen LogP contribution in [0.1, 0.15) is 13.8 Å². The molecule has 0 aliphatic rings. The summed E-state index contributed by atoms with van der Waals surface area (Å²) >= 11 is 0. The molecule has 0 amide bonds. The summed E-state index contributed by atoms with van der Waals surface area (Å²) < 4.78 is 0. The van der Waals surface area contributed by atoms with Crippen molar-refractivity contribution in [1.82, 2.24) is 5.32 Å². The molecule has 1 N–H and O–H groups in total. The van der Waals surface area contributed by atoms with E-state index < -0.39 is 6.10 Å². The van der Waals surface area contributed by atoms with Crippen LogP contribution in [-0.4, -0.2) is 31.7 Å². The van der Waals surface area contributed by atoms with E-state index in [0.717, 1.165) is 12.0 Å². The van der Waals surface area contributed by atoms with Gasteiger partial charge in [0.1, 0.15) is 0 Å². The molecule has 0 rings (SSSR count). The minimum absolute atomic E-state index is 0.477. The number of oxime groups is 1. The molecular weight excluding hydrogens is 144 g/mol. The zero-order valence-electron chi connectivity index (χ0n) is 7.13. The van der Waals surface area contributed by atoms with E-state index in [1.165, 1.54) is 0 Å². The highest BCUT2D eigenvalue weighted by Gasteiger charge is 2.04. The van der Waals surface area contributed by atoms with E-state index >= 15 is 0 Å². The van der Waals surface area contributed by atoms with Crippen LogP contribution in [0.3, 0.4) is 0 Å². The molecule has 0 aliphatic carbocycles. The Kier molecular flexibility index (Phi) is 5.37. The van der Waals surface area contributed by atoms with E-state index in [1.807, 2.05) is 0 Å². The Hall–Kier alpha value is -0.900. The van der Waals surface area contributed by atoms with E-state index in [4.69, 9.17) is 4.84 Å². The average Bonchev–Trinajstić information content (AvgIpc) is 1.97. The summed E-state index contributed by atoms with van der Waals surface area (Å²) in [4.78, 5) is 15.1. The molecule has 11 heavy (non-hydrogen) atoms. The van der Waals surface area contributed by atoms with Crippen LogP contribution in [0.25, 0.3) is 0 Å². The van der Waals surface area contributed by atoms with E-state index in [2.05, 4.69) is 10.5 Å². The van der Waals surface area contributed by atoms with Crippen LogP contribution in [0.4, 0.5) is 0 Å². The van der Waals surface area contributed by atoms with E-state index in [-0.39, 0.29) is 0 Å². The van der Waals surface area contributed by atoms with Crippen molar-refractivity contribution in [3.63, 3.8) is 0 Å². The topological polar surface area (TPSA) is 50.7 Å². The number of carbonyl (C=O) groups excluding carboxylic acids is 1. The monoisotopic (exact) mass is 158 g/mol. The number of aldehydes is 1. The molecule has 1 unspecified atom stereocenters. The van der Waals surface area contributed by atoms with Crippen molar-refractivity contribution in [2.24, 2.45) is 5.16 Å². The number of rotatable bonds is 5. The third-order valence-corrected chi connectivity index (χ3v) is 0.928. The molecule has 0 spiro atoms. The first-order valence-electron chi connectivity index (χ1n) is 3.47. The predicted molar refractivity (Wildman–Crippen MR) is 43.6 cm³/mol. The summed E-state index contributed by atoms with van der Waals surface area (Å²) in [6.45, 7) is 4.10. The molecule has 0 fully saturated rings. The molecule has 64 valence electrons. The lowest BCUT2D eigenvalue weighted by Gasteiger charge is -2.06. The number of nitrogens with zero attached hydrogens (tertiary/aromatic N) is 1. The second-order valence-electron chi connectivity index (χ2n) is 2.38. The lowest BCUT2D eigenvalue weighted by atomic mass is 10.4. The maximum absolute atomic E-state index is 10.3. The summed E-state index contributed by atoms with van der Waals surface area (Å²) in [5.74, 6) is 0. The Bertz CT molecular complexity index is 141. The van der Waals surface area contributed by atoms with Gasteiger partial charge in [0, 0.05) is 6.54 Å². The van der Waals surface area contributed by atoms with Gasteiger partial charge in [-0.25, -0.2) is 0 Å². The van der Waals surface area contributed by atoms with Crippen molar-refractivity contribution in [2.75, 3.05) is 13.6 Å². The quantitative estimate of drug-likeness (QED) is 0.353. The predicted octanol–water partition coefficient (Wildman–Crippen LogP) is 0.186. The largest absolute Gasteiger partial charge is 0.384 e. The smallest absolute Gasteiger partial charge is 0.194 e. The van der Waals surface area contributed by atoms with Gasteiger partial charge in [0.2, 0.25) is 0 Å². The average molecular weight is 158 g/mol. The van der Waals surface area contributed by atoms with Crippen LogP contribution in [0.15, 0.2) is 5.16 Å². The van der Waals surface area contributed by atoms with Gasteiger partial charge in [0.05, 0.1) is 5.71 Å². The molecule has 0 saturated carbocycles. The molecule has 0 aromatic rings. The maximum atomic E-state index is 10.3. The third kappa shape index (κ3) is 5.54. The summed E-state index contributed by atoms with van der Waals surface area (Å²) in [7, 11) is 1.75. The first-order chi connectivity index (χ1) is 5.20. The molecule has 0 aromatic carbocycles. The Morgan fingerprint density at radius 1 is 1.73 bits per heavy atom. The van der Waals surface area contributed by atoms with E-state index in [0.29, 0.717) is 6.54 Å². The second-order valence-corrected chi connectivity index (χ2v) is 2.38. The lowest BCUT2D eigenvalue weighted by Crippen LogP contribution is -2.26. The third-order valence-electron chi connectivity index (χ3n) is 0.928. The number of nitrogens with one attached hydrogen (secondary N) is 1. The van der Waals surface area contributed by atoms with Crippen molar-refractivity contribution >= 4 is 12.0 Å². The fourth-order valence-electron chi connectivity index (χ4n) is 0.485. The van der Waals surface area contributed by atoms with Gasteiger partial charge >= 0.3 is 0 Å². The number of hydrogen-bond donors (Lipinski definition) is 1. The Morgan fingerprint density at radius 3 is 2.73 bits per heavy atom. The molecule has 0 radical (unpaired) electrons. The molecule has 1 atom stereocenters. The van der Waals surface area contributed by atoms with E-state index in [1.54, 1.807) is 20.9 Å². The van der Waals surface area contributed by atoms with Crippen molar-refractivity contribution in [3.8, 4) is 0 Å². The van der Waals surface area contributed by atoms with Crippen LogP contribution in [0, 0.1) is 0 Å². The molecule has 4 nitrogen and oxygen atoms in total. The second kappa shape index (κ2) is 5.85. The zero-order valence-corrected chi connectivity index (χ0v) is 7.13. The molecule has 0 saturated heterocycles. The summed E-state index contributed by atoms with van der Waals surface area (Å²) in [5, 5.41) is 6.48. The summed E-state index contributed by atoms with van der Waals surface area (Å²) in [5.41, 5.74) is 0.799. The van der Waals surface area contributed by atoms with Gasteiger partial charge < -0.3 is 10.2 Å². The van der Waals surface area contributed by atoms with Gasteiger partial charge in [-0.05, 0) is 20.9 Å². The summed E-state index contributed by atoms with van der Waals surface area (Å²) in [6.07, 6.45) is 0.248. The molecule has 0 aromatic heterocycles. The van der Waals surface area contributed by atoms with Crippen LogP contribution in [0.5, 0.6) is 0 Å². The Labute approximate surface area is 66.6 Å². The molecular formula is C7H14N2O2. The molecule has 4 heteroatoms. The highest BCUT2D eigenvalue weighted by atomic mass is 16.6. The van der Waals surface area contributed by atoms with Crippen LogP contribution in [0.2, 0.25) is 0 Å². The van der Waals surface area contributed by atoms with Crippen molar-refractivity contribution < 1.29 is 9.63 Å². The first kappa shape index (κ1) is 10.1. The van der Waals surface area contributed by atoms with Crippen molar-refractivity contribution in [1.29, 1.82) is 0 Å². The van der Waals surface area contributed by atoms with Crippen molar-refractivity contribution in [3.05, 3.63) is 0 Å². The number of hydrogen-bond acceptors (Lipinski definition) is 4. The number of likely N-dealkylation sites (N-methyl/N-ethyl adjacent to an activating group) is 1. The normalized spacial score (nSPS) is 11.9. The van der Waals surface area contributed by atoms with Crippen LogP contribution >= 0.6 is 0 Å². The SMILES string of the molecule is CNCC(C=O)ON=C(C)C. The van der Waals surface area contributed by atoms with Gasteiger partial charge in [0.15, 0.2) is 12.4 Å². The minimum atomic E-state index is -0.477. The Balaban J connectivity index is 3.69. The van der Waals surface area contributed by atoms with Crippen LogP contribution < -0.4 is 5.32 Å². The maximum Gasteiger partial charge on any atom is 0.194 e. The molecule has 0 aliphatic heterocycles. The summed E-state index contributed by atoms with van der Waals surface area (Å²) in [6, 6.07) is 0. The van der Waals surface area contributed by atoms with Gasteiger partial charge in [0.25, 0.3) is 0 Å². The zero-order chi connectivity index (χ0) is 8.69. The van der Waals surface area contributed by atoms with Crippen molar-refractivity contribution in [2.45, 2.75) is 20.0 Å². The van der Waals surface area contributed by atoms with Crippen LogP contribution in [-0.2, 0) is 9.63 Å². The molecule has 0 bridgehead atoms. The Morgan fingerprint density at radius 2 is 2.36 bits per heavy atom. The van der Waals surface area contributed by atoms with Gasteiger partial charge in [-0.15, -0.1) is 0 Å².